The number of ether oxygens (including phenoxy) is 2. The molecule has 0 bridgehead atoms. The molecule has 2 fully saturated rings. The lowest BCUT2D eigenvalue weighted by Crippen LogP contribution is -2.52. The van der Waals surface area contributed by atoms with Crippen LogP contribution in [-0.4, -0.2) is 94.2 Å². The van der Waals surface area contributed by atoms with Gasteiger partial charge in [-0.15, -0.1) is 0 Å². The zero-order chi connectivity index (χ0) is 31.8. The first kappa shape index (κ1) is 29.8. The Balaban J connectivity index is 1.28. The van der Waals surface area contributed by atoms with Gasteiger partial charge in [0.2, 0.25) is 5.95 Å². The van der Waals surface area contributed by atoms with Crippen molar-refractivity contribution in [2.24, 2.45) is 7.05 Å². The number of benzene rings is 2. The molecule has 45 heavy (non-hydrogen) atoms. The van der Waals surface area contributed by atoms with Crippen molar-refractivity contribution in [3.05, 3.63) is 70.3 Å². The molecule has 2 saturated heterocycles. The van der Waals surface area contributed by atoms with Crippen LogP contribution in [0.5, 0.6) is 5.75 Å². The van der Waals surface area contributed by atoms with Crippen molar-refractivity contribution < 1.29 is 27.8 Å². The summed E-state index contributed by atoms with van der Waals surface area (Å²) in [5.74, 6) is 0.513. The van der Waals surface area contributed by atoms with Gasteiger partial charge in [-0.05, 0) is 35.4 Å². The largest absolute Gasteiger partial charge is 0.445 e. The molecule has 1 N–H and O–H groups in total. The van der Waals surface area contributed by atoms with Crippen LogP contribution >= 0.6 is 0 Å². The van der Waals surface area contributed by atoms with Gasteiger partial charge in [0.25, 0.3) is 5.56 Å². The minimum Gasteiger partial charge on any atom is -0.445 e. The lowest BCUT2D eigenvalue weighted by Gasteiger charge is -2.36. The molecule has 2 aliphatic rings. The van der Waals surface area contributed by atoms with E-state index >= 15 is 0 Å². The molecule has 15 heteroatoms. The van der Waals surface area contributed by atoms with Gasteiger partial charge in [0, 0.05) is 70.8 Å². The number of carbonyl (C=O) groups is 2. The number of fused-ring (bicyclic) bond motifs is 2. The average Bonchev–Trinajstić information content (AvgIpc) is 3.52. The molecular weight excluding hydrogens is 590 g/mol. The molecule has 6 rings (SSSR count). The molecule has 0 spiro atoms. The fraction of sp³-hybridized carbons (Fsp3) is 0.367. The van der Waals surface area contributed by atoms with Crippen LogP contribution in [0.1, 0.15) is 11.1 Å². The van der Waals surface area contributed by atoms with Gasteiger partial charge in [-0.1, -0.05) is 12.1 Å². The summed E-state index contributed by atoms with van der Waals surface area (Å²) in [6, 6.07) is 9.96. The molecule has 0 aliphatic carbocycles. The van der Waals surface area contributed by atoms with Gasteiger partial charge >= 0.3 is 18.7 Å². The number of urea groups is 1. The van der Waals surface area contributed by atoms with Gasteiger partial charge < -0.3 is 29.5 Å². The number of alkyl halides is 2. The van der Waals surface area contributed by atoms with Gasteiger partial charge in [0.05, 0.1) is 23.5 Å². The number of halogens is 2. The fourth-order valence-electron chi connectivity index (χ4n) is 5.65. The number of nitrogens with one attached hydrogen (secondary N) is 1. The number of piperazine rings is 1. The van der Waals surface area contributed by atoms with Gasteiger partial charge in [-0.25, -0.2) is 19.6 Å². The molecule has 0 radical (unpaired) electrons. The first-order chi connectivity index (χ1) is 21.6. The number of aromatic nitrogens is 4. The molecule has 2 aliphatic heterocycles. The second-order valence-corrected chi connectivity index (χ2v) is 11.1. The Hall–Kier alpha value is -5.21. The van der Waals surface area contributed by atoms with Crippen molar-refractivity contribution in [1.82, 2.24) is 34.4 Å². The van der Waals surface area contributed by atoms with Gasteiger partial charge in [0.1, 0.15) is 12.4 Å². The standard InChI is InChI=1S/C30H32F2N8O5/c1-36(2)30(43)44-17-18-4-7-25(45-27(31)32)20(10-18)15-40-24-11-19(5-6-23(24)26(41)37(40)3)21-12-33-28(34-13-21)38-8-9-39-22(16-38)14-35-29(39)42/h4-7,10-13,22,27H,8-9,14-17H2,1-3H3,(H,35,42). The van der Waals surface area contributed by atoms with Gasteiger partial charge in [-0.3, -0.25) is 14.2 Å². The van der Waals surface area contributed by atoms with E-state index in [0.717, 1.165) is 11.1 Å². The minimum absolute atomic E-state index is 0.0240. The van der Waals surface area contributed by atoms with E-state index in [1.165, 1.54) is 15.6 Å². The summed E-state index contributed by atoms with van der Waals surface area (Å²) in [5.41, 5.74) is 2.75. The Morgan fingerprint density at radius 3 is 2.60 bits per heavy atom. The fourth-order valence-corrected chi connectivity index (χ4v) is 5.65. The molecule has 4 aromatic rings. The zero-order valence-corrected chi connectivity index (χ0v) is 24.9. The predicted octanol–water partition coefficient (Wildman–Crippen LogP) is 2.86. The van der Waals surface area contributed by atoms with Crippen LogP contribution < -0.4 is 20.5 Å². The van der Waals surface area contributed by atoms with Crippen molar-refractivity contribution in [3.63, 3.8) is 0 Å². The normalized spacial score (nSPS) is 16.2. The molecule has 13 nitrogen and oxygen atoms in total. The molecule has 4 heterocycles. The van der Waals surface area contributed by atoms with Crippen LogP contribution in [0, 0.1) is 0 Å². The SMILES string of the molecule is CN(C)C(=O)OCc1ccc(OC(F)F)c(Cn2c3cc(-c4cnc(N5CCN6C(=O)NCC6C5)nc4)ccc3c(=O)n2C)c1. The summed E-state index contributed by atoms with van der Waals surface area (Å²) in [4.78, 5) is 51.3. The van der Waals surface area contributed by atoms with E-state index in [2.05, 4.69) is 20.2 Å². The van der Waals surface area contributed by atoms with Crippen LogP contribution in [0.15, 0.2) is 53.6 Å². The van der Waals surface area contributed by atoms with Gasteiger partial charge in [0.15, 0.2) is 0 Å². The monoisotopic (exact) mass is 622 g/mol. The number of nitrogens with zero attached hydrogens (tertiary/aromatic N) is 7. The molecular formula is C30H32F2N8O5. The first-order valence-electron chi connectivity index (χ1n) is 14.3. The Bertz CT molecular complexity index is 1810. The highest BCUT2D eigenvalue weighted by molar-refractivity contribution is 5.84. The predicted molar refractivity (Wildman–Crippen MR) is 160 cm³/mol. The molecule has 3 amide bonds. The summed E-state index contributed by atoms with van der Waals surface area (Å²) in [7, 11) is 4.71. The highest BCUT2D eigenvalue weighted by atomic mass is 19.3. The zero-order valence-electron chi connectivity index (χ0n) is 24.9. The Morgan fingerprint density at radius 1 is 1.09 bits per heavy atom. The molecule has 2 aromatic carbocycles. The molecule has 0 saturated carbocycles. The van der Waals surface area contributed by atoms with E-state index in [0.29, 0.717) is 54.2 Å². The number of hydrogen-bond acceptors (Lipinski definition) is 8. The first-order valence-corrected chi connectivity index (χ1v) is 14.3. The van der Waals surface area contributed by atoms with E-state index in [-0.39, 0.29) is 36.5 Å². The number of rotatable bonds is 8. The maximum absolute atomic E-state index is 13.3. The Labute approximate surface area is 256 Å². The topological polar surface area (TPSA) is 127 Å². The summed E-state index contributed by atoms with van der Waals surface area (Å²) in [6.07, 6.45) is 2.89. The third-order valence-electron chi connectivity index (χ3n) is 8.04. The van der Waals surface area contributed by atoms with E-state index in [1.54, 1.807) is 56.4 Å². The lowest BCUT2D eigenvalue weighted by molar-refractivity contribution is -0.0505. The Kier molecular flexibility index (Phi) is 7.99. The number of carbonyl (C=O) groups excluding carboxylic acids is 2. The van der Waals surface area contributed by atoms with Crippen molar-refractivity contribution in [2.45, 2.75) is 25.8 Å². The van der Waals surface area contributed by atoms with Crippen LogP contribution in [0.4, 0.5) is 24.3 Å². The molecule has 1 unspecified atom stereocenters. The number of hydrogen-bond donors (Lipinski definition) is 1. The summed E-state index contributed by atoms with van der Waals surface area (Å²) in [5, 5.41) is 3.31. The van der Waals surface area contributed by atoms with Gasteiger partial charge in [-0.2, -0.15) is 8.78 Å². The Morgan fingerprint density at radius 2 is 1.87 bits per heavy atom. The van der Waals surface area contributed by atoms with Crippen molar-refractivity contribution in [2.75, 3.05) is 45.2 Å². The second-order valence-electron chi connectivity index (χ2n) is 11.1. The summed E-state index contributed by atoms with van der Waals surface area (Å²) in [6.45, 7) is -0.652. The third kappa shape index (κ3) is 5.97. The molecule has 236 valence electrons. The molecule has 1 atom stereocenters. The highest BCUT2D eigenvalue weighted by Gasteiger charge is 2.36. The smallest absolute Gasteiger partial charge is 0.409 e. The maximum atomic E-state index is 13.3. The quantitative estimate of drug-likeness (QED) is 0.318. The number of anilines is 1. The second kappa shape index (κ2) is 12.1. The third-order valence-corrected chi connectivity index (χ3v) is 8.04. The van der Waals surface area contributed by atoms with Crippen LogP contribution in [0.25, 0.3) is 22.0 Å². The van der Waals surface area contributed by atoms with Crippen LogP contribution in [0.2, 0.25) is 0 Å². The van der Waals surface area contributed by atoms with Crippen molar-refractivity contribution in [1.29, 1.82) is 0 Å². The lowest BCUT2D eigenvalue weighted by atomic mass is 10.1. The van der Waals surface area contributed by atoms with E-state index in [1.807, 2.05) is 17.0 Å². The van der Waals surface area contributed by atoms with Crippen molar-refractivity contribution >= 4 is 29.0 Å². The summed E-state index contributed by atoms with van der Waals surface area (Å²) < 4.78 is 39.7. The van der Waals surface area contributed by atoms with E-state index < -0.39 is 12.7 Å². The van der Waals surface area contributed by atoms with E-state index in [4.69, 9.17) is 9.47 Å². The molecule has 2 aromatic heterocycles. The van der Waals surface area contributed by atoms with Crippen LogP contribution in [-0.2, 0) is 24.9 Å². The minimum atomic E-state index is -3.05. The number of amides is 3. The maximum Gasteiger partial charge on any atom is 0.409 e. The average molecular weight is 623 g/mol. The van der Waals surface area contributed by atoms with Crippen LogP contribution in [0.3, 0.4) is 0 Å². The van der Waals surface area contributed by atoms with Crippen molar-refractivity contribution in [3.8, 4) is 16.9 Å². The van der Waals surface area contributed by atoms with E-state index in [9.17, 15) is 23.2 Å². The summed E-state index contributed by atoms with van der Waals surface area (Å²) >= 11 is 0. The highest BCUT2D eigenvalue weighted by Crippen LogP contribution is 2.28.